The van der Waals surface area contributed by atoms with Crippen molar-refractivity contribution in [2.75, 3.05) is 0 Å². The van der Waals surface area contributed by atoms with Crippen molar-refractivity contribution >= 4 is 39.8 Å². The van der Waals surface area contributed by atoms with Gasteiger partial charge >= 0.3 is 0 Å². The molecule has 0 bridgehead atoms. The van der Waals surface area contributed by atoms with Crippen molar-refractivity contribution in [3.8, 4) is 0 Å². The van der Waals surface area contributed by atoms with Crippen LogP contribution < -0.4 is 11.0 Å². The molecule has 1 aromatic carbocycles. The van der Waals surface area contributed by atoms with Crippen LogP contribution in [0.1, 0.15) is 0 Å². The SMILES string of the molecule is NP(N)(=S)Sc1nc2ccccc2[nH]1. The summed E-state index contributed by atoms with van der Waals surface area (Å²) in [4.78, 5) is 7.41. The fourth-order valence-electron chi connectivity index (χ4n) is 1.11. The van der Waals surface area contributed by atoms with Gasteiger partial charge in [0, 0.05) is 0 Å². The highest BCUT2D eigenvalue weighted by atomic mass is 32.9. The first kappa shape index (κ1) is 10.1. The fraction of sp³-hybridized carbons (Fsp3) is 0. The van der Waals surface area contributed by atoms with Gasteiger partial charge in [0.15, 0.2) is 5.16 Å². The second-order valence-corrected chi connectivity index (χ2v) is 9.52. The van der Waals surface area contributed by atoms with Crippen LogP contribution in [0.15, 0.2) is 29.4 Å². The standard InChI is InChI=1S/C7H9N4PS2/c8-12(9,13)14-7-10-5-3-1-2-4-6(5)11-7/h1-4H,(H,10,11)(H4,8,9,13). The second-order valence-electron chi connectivity index (χ2n) is 2.80. The molecule has 4 nitrogen and oxygen atoms in total. The summed E-state index contributed by atoms with van der Waals surface area (Å²) < 4.78 is 0. The molecule has 7 heteroatoms. The molecule has 0 saturated heterocycles. The van der Waals surface area contributed by atoms with E-state index in [2.05, 4.69) is 9.97 Å². The Kier molecular flexibility index (Phi) is 2.64. The van der Waals surface area contributed by atoms with Gasteiger partial charge in [-0.2, -0.15) is 0 Å². The van der Waals surface area contributed by atoms with E-state index in [0.29, 0.717) is 5.16 Å². The lowest BCUT2D eigenvalue weighted by molar-refractivity contribution is 1.09. The molecule has 1 aromatic heterocycles. The summed E-state index contributed by atoms with van der Waals surface area (Å²) in [7, 11) is 0. The molecule has 0 atom stereocenters. The number of hydrogen-bond acceptors (Lipinski definition) is 3. The number of aromatic nitrogens is 2. The maximum Gasteiger partial charge on any atom is 0.173 e. The van der Waals surface area contributed by atoms with Crippen molar-refractivity contribution in [1.29, 1.82) is 0 Å². The van der Waals surface area contributed by atoms with Crippen LogP contribution in [-0.4, -0.2) is 9.97 Å². The zero-order valence-corrected chi connectivity index (χ0v) is 9.70. The first-order chi connectivity index (χ1) is 6.54. The molecule has 5 N–H and O–H groups in total. The third kappa shape index (κ3) is 2.34. The first-order valence-electron chi connectivity index (χ1n) is 3.86. The molecule has 0 saturated carbocycles. The predicted molar refractivity (Wildman–Crippen MR) is 64.6 cm³/mol. The zero-order valence-electron chi connectivity index (χ0n) is 7.18. The third-order valence-corrected chi connectivity index (χ3v) is 4.29. The van der Waals surface area contributed by atoms with Crippen LogP contribution in [0.2, 0.25) is 0 Å². The normalized spacial score (nSPS) is 12.1. The van der Waals surface area contributed by atoms with Crippen LogP contribution in [0.3, 0.4) is 0 Å². The summed E-state index contributed by atoms with van der Waals surface area (Å²) in [6.07, 6.45) is 0. The minimum Gasteiger partial charge on any atom is -0.333 e. The zero-order chi connectivity index (χ0) is 10.2. The second kappa shape index (κ2) is 3.64. The van der Waals surface area contributed by atoms with Gasteiger partial charge in [0.2, 0.25) is 0 Å². The third-order valence-electron chi connectivity index (χ3n) is 1.60. The molecular formula is C7H9N4PS2. The molecule has 2 rings (SSSR count). The van der Waals surface area contributed by atoms with Gasteiger partial charge in [-0.25, -0.2) is 4.98 Å². The van der Waals surface area contributed by atoms with E-state index in [1.165, 1.54) is 11.4 Å². The summed E-state index contributed by atoms with van der Waals surface area (Å²) in [5.41, 5.74) is 10.8. The summed E-state index contributed by atoms with van der Waals surface area (Å²) in [5, 5.41) is 0.694. The monoisotopic (exact) mass is 244 g/mol. The maximum absolute atomic E-state index is 5.60. The lowest BCUT2D eigenvalue weighted by atomic mass is 10.3. The van der Waals surface area contributed by atoms with Gasteiger partial charge in [-0.05, 0) is 23.5 Å². The number of nitrogens with two attached hydrogens (primary N) is 2. The number of benzene rings is 1. The number of imidazole rings is 1. The molecule has 1 heterocycles. The molecule has 0 radical (unpaired) electrons. The van der Waals surface area contributed by atoms with Crippen LogP contribution in [0.5, 0.6) is 0 Å². The lowest BCUT2D eigenvalue weighted by Gasteiger charge is -2.04. The number of fused-ring (bicyclic) bond motifs is 1. The van der Waals surface area contributed by atoms with Crippen molar-refractivity contribution in [2.24, 2.45) is 11.0 Å². The highest BCUT2D eigenvalue weighted by molar-refractivity contribution is 8.69. The molecule has 2 aromatic rings. The summed E-state index contributed by atoms with van der Waals surface area (Å²) >= 11 is 6.18. The molecule has 0 spiro atoms. The molecule has 0 aliphatic heterocycles. The average molecular weight is 244 g/mol. The number of hydrogen-bond donors (Lipinski definition) is 3. The number of H-pyrrole nitrogens is 1. The number of aromatic amines is 1. The average Bonchev–Trinajstić information content (AvgIpc) is 2.42. The molecule has 74 valence electrons. The molecule has 0 unspecified atom stereocenters. The number of rotatable bonds is 2. The Morgan fingerprint density at radius 1 is 1.36 bits per heavy atom. The molecule has 0 fully saturated rings. The predicted octanol–water partition coefficient (Wildman–Crippen LogP) is 1.80. The summed E-state index contributed by atoms with van der Waals surface area (Å²) in [5.74, 6) is 0. The molecule has 0 aliphatic carbocycles. The molecule has 0 aliphatic rings. The summed E-state index contributed by atoms with van der Waals surface area (Å²) in [6.45, 7) is 0. The van der Waals surface area contributed by atoms with Crippen molar-refractivity contribution in [3.05, 3.63) is 24.3 Å². The van der Waals surface area contributed by atoms with Crippen LogP contribution in [0.4, 0.5) is 0 Å². The van der Waals surface area contributed by atoms with Crippen molar-refractivity contribution in [3.63, 3.8) is 0 Å². The Hall–Kier alpha value is -0.390. The van der Waals surface area contributed by atoms with Crippen molar-refractivity contribution in [2.45, 2.75) is 5.16 Å². The molecule has 14 heavy (non-hydrogen) atoms. The quantitative estimate of drug-likeness (QED) is 0.702. The molecule has 0 amide bonds. The Labute approximate surface area is 90.3 Å². The topological polar surface area (TPSA) is 80.7 Å². The minimum atomic E-state index is -2.29. The largest absolute Gasteiger partial charge is 0.333 e. The van der Waals surface area contributed by atoms with E-state index in [-0.39, 0.29) is 0 Å². The van der Waals surface area contributed by atoms with Gasteiger partial charge in [0.25, 0.3) is 0 Å². The lowest BCUT2D eigenvalue weighted by Crippen LogP contribution is -1.99. The van der Waals surface area contributed by atoms with E-state index >= 15 is 0 Å². The van der Waals surface area contributed by atoms with Gasteiger partial charge in [0.1, 0.15) is 5.54 Å². The summed E-state index contributed by atoms with van der Waals surface area (Å²) in [6, 6.07) is 7.74. The number of nitrogens with zero attached hydrogens (tertiary/aromatic N) is 1. The smallest absolute Gasteiger partial charge is 0.173 e. The van der Waals surface area contributed by atoms with Gasteiger partial charge in [-0.1, -0.05) is 23.9 Å². The highest BCUT2D eigenvalue weighted by Gasteiger charge is 2.09. The van der Waals surface area contributed by atoms with E-state index in [9.17, 15) is 0 Å². The number of nitrogens with one attached hydrogen (secondary N) is 1. The van der Waals surface area contributed by atoms with Crippen LogP contribution in [-0.2, 0) is 11.8 Å². The van der Waals surface area contributed by atoms with Crippen LogP contribution in [0.25, 0.3) is 11.0 Å². The van der Waals surface area contributed by atoms with Gasteiger partial charge in [0.05, 0.1) is 11.0 Å². The Morgan fingerprint density at radius 3 is 2.71 bits per heavy atom. The van der Waals surface area contributed by atoms with Crippen LogP contribution in [0, 0.1) is 0 Å². The van der Waals surface area contributed by atoms with E-state index in [1.54, 1.807) is 0 Å². The number of para-hydroxylation sites is 2. The van der Waals surface area contributed by atoms with E-state index < -0.39 is 5.54 Å². The van der Waals surface area contributed by atoms with Crippen LogP contribution >= 0.6 is 16.9 Å². The van der Waals surface area contributed by atoms with Crippen molar-refractivity contribution in [1.82, 2.24) is 9.97 Å². The van der Waals surface area contributed by atoms with Crippen molar-refractivity contribution < 1.29 is 0 Å². The van der Waals surface area contributed by atoms with E-state index in [4.69, 9.17) is 22.8 Å². The first-order valence-corrected chi connectivity index (χ1v) is 8.22. The van der Waals surface area contributed by atoms with Gasteiger partial charge in [-0.3, -0.25) is 11.0 Å². The Balaban J connectivity index is 2.41. The van der Waals surface area contributed by atoms with Gasteiger partial charge < -0.3 is 4.98 Å². The minimum absolute atomic E-state index is 0.694. The maximum atomic E-state index is 5.60. The van der Waals surface area contributed by atoms with Gasteiger partial charge in [-0.15, -0.1) is 0 Å². The highest BCUT2D eigenvalue weighted by Crippen LogP contribution is 2.47. The fourth-order valence-corrected chi connectivity index (χ4v) is 3.38. The van der Waals surface area contributed by atoms with E-state index in [0.717, 1.165) is 11.0 Å². The molecular weight excluding hydrogens is 235 g/mol. The van der Waals surface area contributed by atoms with E-state index in [1.807, 2.05) is 24.3 Å². The Bertz CT molecular complexity index is 470. The Morgan fingerprint density at radius 2 is 2.07 bits per heavy atom.